The molecule has 0 aromatic heterocycles. The van der Waals surface area contributed by atoms with E-state index in [4.69, 9.17) is 4.74 Å². The van der Waals surface area contributed by atoms with E-state index in [0.29, 0.717) is 0 Å². The van der Waals surface area contributed by atoms with Crippen LogP contribution in [0.25, 0.3) is 0 Å². The summed E-state index contributed by atoms with van der Waals surface area (Å²) in [6.45, 7) is 4.46. The van der Waals surface area contributed by atoms with Gasteiger partial charge in [0.05, 0.1) is 13.0 Å². The summed E-state index contributed by atoms with van der Waals surface area (Å²) in [5, 5.41) is 14.1. The average molecular weight is 396 g/mol. The minimum Gasteiger partial charge on any atom is -0.480 e. The predicted molar refractivity (Wildman–Crippen MR) is 97.7 cm³/mol. The van der Waals surface area contributed by atoms with Crippen LogP contribution in [-0.4, -0.2) is 47.6 Å². The van der Waals surface area contributed by atoms with Gasteiger partial charge in [-0.25, -0.2) is 9.18 Å². The number of amides is 2. The molecule has 3 N–H and O–H groups in total. The lowest BCUT2D eigenvalue weighted by atomic mass is 9.97. The first kappa shape index (κ1) is 23.1. The lowest BCUT2D eigenvalue weighted by Gasteiger charge is -2.24. The van der Waals surface area contributed by atoms with Crippen LogP contribution >= 0.6 is 0 Å². The Kier molecular flexibility index (Phi) is 9.07. The van der Waals surface area contributed by atoms with E-state index in [1.54, 1.807) is 13.0 Å². The molecule has 28 heavy (non-hydrogen) atoms. The minimum absolute atomic E-state index is 0.156. The van der Waals surface area contributed by atoms with Crippen LogP contribution < -0.4 is 10.6 Å². The second kappa shape index (κ2) is 11.0. The van der Waals surface area contributed by atoms with E-state index in [2.05, 4.69) is 10.6 Å². The first-order valence-electron chi connectivity index (χ1n) is 8.85. The van der Waals surface area contributed by atoms with Crippen molar-refractivity contribution in [2.45, 2.75) is 45.7 Å². The summed E-state index contributed by atoms with van der Waals surface area (Å²) in [5.41, 5.74) is 0.197. The topological polar surface area (TPSA) is 122 Å². The Morgan fingerprint density at radius 3 is 2.36 bits per heavy atom. The molecule has 0 aliphatic rings. The number of ether oxygens (including phenoxy) is 1. The number of esters is 1. The van der Waals surface area contributed by atoms with Crippen LogP contribution in [0.15, 0.2) is 24.3 Å². The van der Waals surface area contributed by atoms with E-state index in [-0.39, 0.29) is 25.0 Å². The number of benzene rings is 1. The third kappa shape index (κ3) is 7.34. The number of carboxylic acids is 1. The van der Waals surface area contributed by atoms with E-state index in [1.165, 1.54) is 32.0 Å². The number of hydrogen-bond acceptors (Lipinski definition) is 5. The first-order valence-corrected chi connectivity index (χ1v) is 8.85. The fourth-order valence-electron chi connectivity index (χ4n) is 2.64. The van der Waals surface area contributed by atoms with Gasteiger partial charge in [0.25, 0.3) is 0 Å². The first-order chi connectivity index (χ1) is 13.1. The molecule has 0 heterocycles. The standard InChI is InChI=1S/C19H25FN2O6/c1-4-28-16(24)9-11(2)17(19(26)27)22-18(25)15(21-12(3)23)10-13-7-5-6-8-14(13)20/h5-8,11,15,17H,4,9-10H2,1-3H3,(H,21,23)(H,22,25)(H,26,27)/t11-,15-,17+/m0/s1. The molecule has 0 spiro atoms. The fraction of sp³-hybridized carbons (Fsp3) is 0.474. The van der Waals surface area contributed by atoms with Crippen LogP contribution in [0, 0.1) is 11.7 Å². The summed E-state index contributed by atoms with van der Waals surface area (Å²) < 4.78 is 18.7. The minimum atomic E-state index is -1.38. The highest BCUT2D eigenvalue weighted by molar-refractivity contribution is 5.90. The van der Waals surface area contributed by atoms with E-state index in [1.807, 2.05) is 0 Å². The quantitative estimate of drug-likeness (QED) is 0.508. The molecule has 1 aromatic carbocycles. The largest absolute Gasteiger partial charge is 0.480 e. The van der Waals surface area contributed by atoms with Crippen molar-refractivity contribution in [2.24, 2.45) is 5.92 Å². The van der Waals surface area contributed by atoms with E-state index in [0.717, 1.165) is 0 Å². The highest BCUT2D eigenvalue weighted by Gasteiger charge is 2.31. The monoisotopic (exact) mass is 396 g/mol. The Labute approximate surface area is 162 Å². The van der Waals surface area contributed by atoms with Crippen LogP contribution in [0.3, 0.4) is 0 Å². The Morgan fingerprint density at radius 2 is 1.82 bits per heavy atom. The molecule has 0 aliphatic heterocycles. The molecule has 9 heteroatoms. The number of halogens is 1. The van der Waals surface area contributed by atoms with Gasteiger partial charge in [0, 0.05) is 13.3 Å². The molecular formula is C19H25FN2O6. The normalized spacial score (nSPS) is 13.7. The molecule has 0 bridgehead atoms. The smallest absolute Gasteiger partial charge is 0.326 e. The van der Waals surface area contributed by atoms with Gasteiger partial charge in [0.2, 0.25) is 11.8 Å². The molecule has 1 aromatic rings. The maximum atomic E-state index is 13.9. The molecule has 0 aliphatic carbocycles. The second-order valence-corrected chi connectivity index (χ2v) is 6.36. The Morgan fingerprint density at radius 1 is 1.18 bits per heavy atom. The number of carboxylic acid groups (broad SMARTS) is 1. The molecule has 154 valence electrons. The SMILES string of the molecule is CCOC(=O)C[C@H](C)[C@@H](NC(=O)[C@H](Cc1ccccc1F)NC(C)=O)C(=O)O. The van der Waals surface area contributed by atoms with Crippen molar-refractivity contribution in [3.8, 4) is 0 Å². The average Bonchev–Trinajstić information content (AvgIpc) is 2.60. The number of aliphatic carboxylic acids is 1. The van der Waals surface area contributed by atoms with Gasteiger partial charge in [-0.15, -0.1) is 0 Å². The molecule has 0 radical (unpaired) electrons. The number of nitrogens with one attached hydrogen (secondary N) is 2. The maximum Gasteiger partial charge on any atom is 0.326 e. The molecule has 8 nitrogen and oxygen atoms in total. The van der Waals surface area contributed by atoms with Crippen LogP contribution in [0.2, 0.25) is 0 Å². The number of carbonyl (C=O) groups excluding carboxylic acids is 3. The van der Waals surface area contributed by atoms with Gasteiger partial charge in [0.1, 0.15) is 17.9 Å². The predicted octanol–water partition coefficient (Wildman–Crippen LogP) is 1.03. The highest BCUT2D eigenvalue weighted by atomic mass is 19.1. The third-order valence-corrected chi connectivity index (χ3v) is 4.00. The zero-order chi connectivity index (χ0) is 21.3. The summed E-state index contributed by atoms with van der Waals surface area (Å²) >= 11 is 0. The number of hydrogen-bond donors (Lipinski definition) is 3. The molecule has 0 fully saturated rings. The summed E-state index contributed by atoms with van der Waals surface area (Å²) in [4.78, 5) is 47.2. The van der Waals surface area contributed by atoms with Crippen molar-refractivity contribution >= 4 is 23.8 Å². The Balaban J connectivity index is 2.93. The summed E-state index contributed by atoms with van der Waals surface area (Å²) in [6, 6.07) is 3.21. The summed E-state index contributed by atoms with van der Waals surface area (Å²) in [6.07, 6.45) is -0.361. The molecular weight excluding hydrogens is 371 g/mol. The van der Waals surface area contributed by atoms with E-state index >= 15 is 0 Å². The Bertz CT molecular complexity index is 724. The van der Waals surface area contributed by atoms with Gasteiger partial charge in [-0.05, 0) is 24.5 Å². The van der Waals surface area contributed by atoms with Gasteiger partial charge in [-0.1, -0.05) is 25.1 Å². The molecule has 3 atom stereocenters. The van der Waals surface area contributed by atoms with Crippen molar-refractivity contribution < 1.29 is 33.4 Å². The molecule has 0 saturated heterocycles. The Hall–Kier alpha value is -2.97. The zero-order valence-corrected chi connectivity index (χ0v) is 16.0. The second-order valence-electron chi connectivity index (χ2n) is 6.36. The molecule has 0 unspecified atom stereocenters. The molecule has 0 saturated carbocycles. The van der Waals surface area contributed by atoms with Gasteiger partial charge >= 0.3 is 11.9 Å². The van der Waals surface area contributed by atoms with E-state index < -0.39 is 47.6 Å². The van der Waals surface area contributed by atoms with Crippen LogP contribution in [0.5, 0.6) is 0 Å². The van der Waals surface area contributed by atoms with Crippen molar-refractivity contribution in [3.63, 3.8) is 0 Å². The summed E-state index contributed by atoms with van der Waals surface area (Å²) in [7, 11) is 0. The summed E-state index contributed by atoms with van der Waals surface area (Å²) in [5.74, 6) is -4.54. The third-order valence-electron chi connectivity index (χ3n) is 4.00. The maximum absolute atomic E-state index is 13.9. The number of carbonyl (C=O) groups is 4. The molecule has 2 amide bonds. The van der Waals surface area contributed by atoms with Crippen molar-refractivity contribution in [1.29, 1.82) is 0 Å². The van der Waals surface area contributed by atoms with Crippen molar-refractivity contribution in [3.05, 3.63) is 35.6 Å². The van der Waals surface area contributed by atoms with Crippen LogP contribution in [-0.2, 0) is 30.3 Å². The van der Waals surface area contributed by atoms with Crippen molar-refractivity contribution in [1.82, 2.24) is 10.6 Å². The lowest BCUT2D eigenvalue weighted by Crippen LogP contribution is -2.54. The van der Waals surface area contributed by atoms with Gasteiger partial charge < -0.3 is 20.5 Å². The van der Waals surface area contributed by atoms with Gasteiger partial charge in [0.15, 0.2) is 0 Å². The van der Waals surface area contributed by atoms with E-state index in [9.17, 15) is 28.7 Å². The van der Waals surface area contributed by atoms with Crippen molar-refractivity contribution in [2.75, 3.05) is 6.61 Å². The zero-order valence-electron chi connectivity index (χ0n) is 16.0. The lowest BCUT2D eigenvalue weighted by molar-refractivity contribution is -0.147. The van der Waals surface area contributed by atoms with Gasteiger partial charge in [-0.2, -0.15) is 0 Å². The molecule has 1 rings (SSSR count). The van der Waals surface area contributed by atoms with Crippen LogP contribution in [0.4, 0.5) is 4.39 Å². The van der Waals surface area contributed by atoms with Gasteiger partial charge in [-0.3, -0.25) is 14.4 Å². The number of rotatable bonds is 10. The van der Waals surface area contributed by atoms with Crippen LogP contribution in [0.1, 0.15) is 32.8 Å². The highest BCUT2D eigenvalue weighted by Crippen LogP contribution is 2.13. The fourth-order valence-corrected chi connectivity index (χ4v) is 2.64.